The number of carbonyl (C=O) groups is 13. The first-order valence-corrected chi connectivity index (χ1v) is 45.3. The molecule has 126 heavy (non-hydrogen) atoms. The van der Waals surface area contributed by atoms with Crippen LogP contribution in [-0.2, 0) is 85.9 Å². The number of hydrogen-bond donors (Lipinski definition) is 9. The fourth-order valence-electron chi connectivity index (χ4n) is 14.1. The smallest absolute Gasteiger partial charge is 0.414 e. The molecular formula is C84H128N14O26S2. The molecule has 0 saturated carbocycles. The second-order valence-electron chi connectivity index (χ2n) is 31.0. The summed E-state index contributed by atoms with van der Waals surface area (Å²) >= 11 is 0. The molecule has 7 rings (SSSR count). The van der Waals surface area contributed by atoms with Gasteiger partial charge in [-0.05, 0) is 104 Å². The van der Waals surface area contributed by atoms with Crippen LogP contribution >= 0.6 is 21.6 Å². The Hall–Kier alpha value is -9.98. The average Bonchev–Trinajstić information content (AvgIpc) is 1.60. The zero-order valence-electron chi connectivity index (χ0n) is 74.1. The minimum Gasteiger partial charge on any atom is -0.493 e. The van der Waals surface area contributed by atoms with Gasteiger partial charge < -0.3 is 119 Å². The SMILES string of the molecule is C=C1C[C@H]2CN3C(=O)OCCC(=O)N[C@@H](C)C(=O)N[C@@H](CCCCNC(=O)CCOCCOC)C(=O)NCCOCCNC(=O)[C@H](CCCCNC(=O)CCOCCOC)NC(=O)[C@H](C)NC(=O)CCOC(=O)N4c5cc(c(OC)cc5C(=O)N5C/C(=N/OCCOCCNC(=O)CCC(C)(C)SSC)C[C@H]5C4C)OCCCOc4cc3c(cc4OC)C(=O)N2C1. The molecule has 5 heterocycles. The predicted molar refractivity (Wildman–Crippen MR) is 467 cm³/mol. The molecule has 42 heteroatoms. The minimum absolute atomic E-state index is 0.00709. The highest BCUT2D eigenvalue weighted by atomic mass is 33.1. The van der Waals surface area contributed by atoms with Gasteiger partial charge >= 0.3 is 12.2 Å². The van der Waals surface area contributed by atoms with Crippen LogP contribution in [0, 0.1) is 0 Å². The first-order valence-electron chi connectivity index (χ1n) is 42.7. The molecule has 2 saturated heterocycles. The van der Waals surface area contributed by atoms with Crippen molar-refractivity contribution in [3.05, 3.63) is 47.5 Å². The first kappa shape index (κ1) is 103. The van der Waals surface area contributed by atoms with E-state index in [1.54, 1.807) is 38.3 Å². The third-order valence-electron chi connectivity index (χ3n) is 20.9. The zero-order chi connectivity index (χ0) is 91.5. The Kier molecular flexibility index (Phi) is 44.9. The molecule has 2 fully saturated rings. The molecule has 13 amide bonds. The van der Waals surface area contributed by atoms with Crippen molar-refractivity contribution < 1.29 is 124 Å². The summed E-state index contributed by atoms with van der Waals surface area (Å²) < 4.78 is 68.1. The van der Waals surface area contributed by atoms with Crippen molar-refractivity contribution in [1.29, 1.82) is 0 Å². The van der Waals surface area contributed by atoms with Gasteiger partial charge in [-0.2, -0.15) is 0 Å². The molecule has 0 spiro atoms. The van der Waals surface area contributed by atoms with Gasteiger partial charge in [-0.3, -0.25) is 62.5 Å². The maximum absolute atomic E-state index is 15.0. The number of ether oxygens (including phenoxy) is 12. The molecule has 5 aliphatic heterocycles. The molecule has 7 atom stereocenters. The van der Waals surface area contributed by atoms with E-state index in [-0.39, 0.29) is 212 Å². The summed E-state index contributed by atoms with van der Waals surface area (Å²) in [7, 11) is 9.22. The Morgan fingerprint density at radius 1 is 0.556 bits per heavy atom. The fraction of sp³-hybridized carbons (Fsp3) is 0.667. The Bertz CT molecular complexity index is 4010. The van der Waals surface area contributed by atoms with Gasteiger partial charge in [0.2, 0.25) is 53.2 Å². The molecule has 5 aliphatic rings. The number of carbonyl (C=O) groups excluding carboxylic acids is 13. The maximum atomic E-state index is 15.0. The van der Waals surface area contributed by atoms with Gasteiger partial charge in [-0.15, -0.1) is 0 Å². The van der Waals surface area contributed by atoms with E-state index < -0.39 is 128 Å². The normalized spacial score (nSPS) is 21.3. The maximum Gasteiger partial charge on any atom is 0.414 e. The molecule has 40 nitrogen and oxygen atoms in total. The van der Waals surface area contributed by atoms with Crippen molar-refractivity contribution in [3.63, 3.8) is 0 Å². The number of cyclic esters (lactones) is 2. The molecule has 1 unspecified atom stereocenters. The second-order valence-corrected chi connectivity index (χ2v) is 34.2. The van der Waals surface area contributed by atoms with E-state index in [0.29, 0.717) is 83.6 Å². The highest BCUT2D eigenvalue weighted by molar-refractivity contribution is 8.76. The molecule has 702 valence electrons. The molecule has 2 aromatic rings. The van der Waals surface area contributed by atoms with Gasteiger partial charge in [0, 0.05) is 102 Å². The predicted octanol–water partition coefficient (Wildman–Crippen LogP) is 3.61. The van der Waals surface area contributed by atoms with Crippen molar-refractivity contribution in [2.45, 2.75) is 178 Å². The van der Waals surface area contributed by atoms with Crippen molar-refractivity contribution >= 4 is 116 Å². The number of benzene rings is 2. The lowest BCUT2D eigenvalue weighted by molar-refractivity contribution is -0.132. The van der Waals surface area contributed by atoms with E-state index in [9.17, 15) is 57.5 Å². The molecule has 2 aromatic carbocycles. The van der Waals surface area contributed by atoms with Gasteiger partial charge in [-0.25, -0.2) is 9.59 Å². The number of rotatable bonds is 36. The highest BCUT2D eigenvalue weighted by Gasteiger charge is 2.47. The summed E-state index contributed by atoms with van der Waals surface area (Å²) in [4.78, 5) is 191. The standard InChI is InChI=1S/C84H128N14O26S2/c1-54-45-59-53-97-65-49-69(67(114-9)47-60(65)80(108)95(59)51-54)120-30-16-31-121-70-50-66-61(48-68(70)115-10)81(109)96-52-58(94-124-44-43-119-36-27-87-71(99)19-24-84(5,6)126-125-11)46-64(96)57(4)98(66)83(111)123-35-23-75(103)91-56(3)77(105)93-63(18-13-15-26-86-73(101)21-33-117-42-40-113-8)79(107)89-29-38-118-37-28-88-78(106)62(17-12-14-25-85-72(100)20-32-116-41-39-112-7)92-76(104)55(2)90-74(102)22-34-122-82(97)110/h47-50,55-57,59,62-64H,1,12-46,51-53H2,2-11H3,(H,85,100)(H,86,101)(H,87,99)(H,88,106)(H,89,107)(H,90,102)(H,91,103)(H,92,104)(H,93,105)/b94-58+/t55-,56-,57?,59-,62-,63-,64-/m0/s1. The zero-order valence-corrected chi connectivity index (χ0v) is 75.7. The van der Waals surface area contributed by atoms with Crippen LogP contribution in [0.4, 0.5) is 21.0 Å². The van der Waals surface area contributed by atoms with E-state index in [2.05, 4.69) is 73.4 Å². The highest BCUT2D eigenvalue weighted by Crippen LogP contribution is 2.44. The van der Waals surface area contributed by atoms with E-state index in [1.165, 1.54) is 76.4 Å². The van der Waals surface area contributed by atoms with Crippen molar-refractivity contribution in [1.82, 2.24) is 57.7 Å². The molecule has 0 aliphatic carbocycles. The van der Waals surface area contributed by atoms with Crippen molar-refractivity contribution in [2.75, 3.05) is 196 Å². The summed E-state index contributed by atoms with van der Waals surface area (Å²) in [6.07, 6.45) is 3.06. The molecule has 0 radical (unpaired) electrons. The van der Waals surface area contributed by atoms with Crippen LogP contribution in [0.25, 0.3) is 0 Å². The Labute approximate surface area is 743 Å². The largest absolute Gasteiger partial charge is 0.493 e. The Morgan fingerprint density at radius 3 is 1.61 bits per heavy atom. The summed E-state index contributed by atoms with van der Waals surface area (Å²) in [5, 5.41) is 29.1. The number of oxime groups is 1. The summed E-state index contributed by atoms with van der Waals surface area (Å²) in [6, 6.07) is -0.917. The van der Waals surface area contributed by atoms with E-state index in [4.69, 9.17) is 61.7 Å². The lowest BCUT2D eigenvalue weighted by Crippen LogP contribution is -2.53. The van der Waals surface area contributed by atoms with Crippen LogP contribution in [0.1, 0.15) is 152 Å². The fourth-order valence-corrected chi connectivity index (χ4v) is 16.4. The van der Waals surface area contributed by atoms with Gasteiger partial charge in [0.25, 0.3) is 11.8 Å². The number of nitrogens with one attached hydrogen (secondary N) is 9. The lowest BCUT2D eigenvalue weighted by atomic mass is 10.1. The summed E-state index contributed by atoms with van der Waals surface area (Å²) in [5.74, 6) is -5.03. The summed E-state index contributed by atoms with van der Waals surface area (Å²) in [5.41, 5.74) is 1.55. The van der Waals surface area contributed by atoms with Gasteiger partial charge in [0.1, 0.15) is 44.0 Å². The van der Waals surface area contributed by atoms with Gasteiger partial charge in [0.15, 0.2) is 23.0 Å². The number of amides is 13. The molecule has 9 N–H and O–H groups in total. The van der Waals surface area contributed by atoms with Crippen LogP contribution in [0.3, 0.4) is 0 Å². The van der Waals surface area contributed by atoms with Crippen molar-refractivity contribution in [3.8, 4) is 23.0 Å². The molecular weight excluding hydrogens is 1690 g/mol. The molecule has 4 bridgehead atoms. The van der Waals surface area contributed by atoms with Crippen LogP contribution in [-0.4, -0.2) is 326 Å². The number of anilines is 2. The third kappa shape index (κ3) is 34.0. The van der Waals surface area contributed by atoms with E-state index in [1.807, 2.05) is 6.26 Å². The van der Waals surface area contributed by atoms with Crippen LogP contribution in [0.15, 0.2) is 41.6 Å². The topological polar surface area (TPSA) is 475 Å². The quantitative estimate of drug-likeness (QED) is 0.0204. The number of methoxy groups -OCH3 is 4. The Morgan fingerprint density at radius 2 is 1.06 bits per heavy atom. The third-order valence-corrected chi connectivity index (χ3v) is 23.6. The lowest BCUT2D eigenvalue weighted by Gasteiger charge is -2.32. The number of unbranched alkanes of at least 4 members (excludes halogenated alkanes) is 2. The van der Waals surface area contributed by atoms with Gasteiger partial charge in [0.05, 0.1) is 166 Å². The van der Waals surface area contributed by atoms with E-state index in [0.717, 1.165) is 5.57 Å². The van der Waals surface area contributed by atoms with Crippen molar-refractivity contribution in [2.24, 2.45) is 5.16 Å². The first-order chi connectivity index (χ1) is 60.6. The van der Waals surface area contributed by atoms with Gasteiger partial charge in [-0.1, -0.05) is 38.9 Å². The number of hydrogen-bond acceptors (Lipinski definition) is 29. The molecule has 0 aromatic heterocycles. The number of fused-ring (bicyclic) bond motifs is 4. The van der Waals surface area contributed by atoms with Crippen LogP contribution in [0.2, 0.25) is 0 Å². The Balaban J connectivity index is 1.10. The monoisotopic (exact) mass is 1810 g/mol. The average molecular weight is 1810 g/mol. The van der Waals surface area contributed by atoms with E-state index >= 15 is 4.79 Å². The number of nitrogens with zero attached hydrogens (tertiary/aromatic N) is 5. The summed E-state index contributed by atoms with van der Waals surface area (Å²) in [6.45, 7) is 14.8. The minimum atomic E-state index is -1.24. The van der Waals surface area contributed by atoms with Crippen LogP contribution in [0.5, 0.6) is 23.0 Å². The van der Waals surface area contributed by atoms with Crippen LogP contribution < -0.4 is 76.6 Å². The second kappa shape index (κ2) is 54.9.